The van der Waals surface area contributed by atoms with Gasteiger partial charge in [-0.05, 0) is 72.9 Å². The molecule has 4 rings (SSSR count). The number of amides is 1. The van der Waals surface area contributed by atoms with E-state index in [9.17, 15) is 17.6 Å². The molecule has 7 nitrogen and oxygen atoms in total. The molecule has 184 valence electrons. The molecule has 1 amide bonds. The quantitative estimate of drug-likeness (QED) is 0.321. The highest BCUT2D eigenvalue weighted by atomic mass is 35.5. The third-order valence-electron chi connectivity index (χ3n) is 5.76. The van der Waals surface area contributed by atoms with E-state index in [-0.39, 0.29) is 41.0 Å². The van der Waals surface area contributed by atoms with Crippen LogP contribution in [0, 0.1) is 11.2 Å². The number of carbonyl (C=O) groups excluding carboxylic acids is 1. The van der Waals surface area contributed by atoms with E-state index in [0.717, 1.165) is 24.1 Å². The first-order valence-corrected chi connectivity index (χ1v) is 12.4. The third kappa shape index (κ3) is 5.98. The van der Waals surface area contributed by atoms with E-state index in [1.807, 2.05) is 0 Å². The van der Waals surface area contributed by atoms with Crippen LogP contribution in [-0.2, 0) is 27.7 Å². The molecule has 4 N–H and O–H groups in total. The number of nitrogens with two attached hydrogens (primary N) is 1. The summed E-state index contributed by atoms with van der Waals surface area (Å²) in [4.78, 5) is 14.8. The SMILES string of the molecule is Cl.N=C(N)c1ccc(CCC(=O)N2CCCc3cc(NS(=O)(=O)c4ccccc4)ccc32)cc1F. The smallest absolute Gasteiger partial charge is 0.261 e. The molecular formula is C25H26ClFN4O3S. The summed E-state index contributed by atoms with van der Waals surface area (Å²) in [7, 11) is -3.70. The van der Waals surface area contributed by atoms with Gasteiger partial charge in [0, 0.05) is 24.3 Å². The number of nitrogen functional groups attached to an aromatic ring is 1. The largest absolute Gasteiger partial charge is 0.384 e. The van der Waals surface area contributed by atoms with Gasteiger partial charge in [0.05, 0.1) is 10.5 Å². The van der Waals surface area contributed by atoms with E-state index in [4.69, 9.17) is 11.1 Å². The molecule has 1 aliphatic heterocycles. The van der Waals surface area contributed by atoms with Crippen LogP contribution in [0.25, 0.3) is 0 Å². The standard InChI is InChI=1S/C25H25FN4O3S.ClH/c26-22-15-17(8-11-21(22)25(27)28)9-13-24(31)30-14-4-5-18-16-19(10-12-23(18)30)29-34(32,33)20-6-2-1-3-7-20;/h1-3,6-8,10-12,15-16,29H,4-5,9,13-14H2,(H3,27,28);1H. The maximum Gasteiger partial charge on any atom is 0.261 e. The number of aryl methyl sites for hydroxylation is 2. The van der Waals surface area contributed by atoms with Gasteiger partial charge in [0.2, 0.25) is 5.91 Å². The van der Waals surface area contributed by atoms with Crippen molar-refractivity contribution < 1.29 is 17.6 Å². The number of halogens is 2. The predicted octanol–water partition coefficient (Wildman–Crippen LogP) is 4.24. The molecule has 3 aromatic carbocycles. The summed E-state index contributed by atoms with van der Waals surface area (Å²) in [6.45, 7) is 0.568. The lowest BCUT2D eigenvalue weighted by Gasteiger charge is -2.30. The lowest BCUT2D eigenvalue weighted by molar-refractivity contribution is -0.118. The van der Waals surface area contributed by atoms with E-state index in [2.05, 4.69) is 4.72 Å². The van der Waals surface area contributed by atoms with Crippen molar-refractivity contribution in [2.24, 2.45) is 5.73 Å². The van der Waals surface area contributed by atoms with Crippen molar-refractivity contribution in [2.75, 3.05) is 16.2 Å². The fourth-order valence-corrected chi connectivity index (χ4v) is 5.12. The number of rotatable bonds is 7. The number of fused-ring (bicyclic) bond motifs is 1. The average molecular weight is 517 g/mol. The molecule has 0 bridgehead atoms. The van der Waals surface area contributed by atoms with Crippen LogP contribution in [0.4, 0.5) is 15.8 Å². The van der Waals surface area contributed by atoms with Gasteiger partial charge >= 0.3 is 0 Å². The normalized spacial score (nSPS) is 12.9. The van der Waals surface area contributed by atoms with Gasteiger partial charge in [-0.3, -0.25) is 14.9 Å². The molecule has 0 saturated carbocycles. The Morgan fingerprint density at radius 3 is 2.51 bits per heavy atom. The van der Waals surface area contributed by atoms with Crippen molar-refractivity contribution in [1.82, 2.24) is 0 Å². The number of carbonyl (C=O) groups is 1. The number of hydrogen-bond acceptors (Lipinski definition) is 4. The predicted molar refractivity (Wildman–Crippen MR) is 137 cm³/mol. The maximum absolute atomic E-state index is 14.1. The first kappa shape index (κ1) is 26.2. The number of anilines is 2. The summed E-state index contributed by atoms with van der Waals surface area (Å²) in [6, 6.07) is 17.7. The molecule has 3 aromatic rings. The third-order valence-corrected chi connectivity index (χ3v) is 7.15. The second-order valence-corrected chi connectivity index (χ2v) is 9.82. The van der Waals surface area contributed by atoms with Crippen molar-refractivity contribution in [1.29, 1.82) is 5.41 Å². The van der Waals surface area contributed by atoms with E-state index in [1.165, 1.54) is 24.3 Å². The second kappa shape index (κ2) is 10.9. The van der Waals surface area contributed by atoms with E-state index in [1.54, 1.807) is 47.4 Å². The lowest BCUT2D eigenvalue weighted by atomic mass is 10.00. The van der Waals surface area contributed by atoms with E-state index in [0.29, 0.717) is 24.2 Å². The number of hydrogen-bond donors (Lipinski definition) is 3. The molecule has 1 aliphatic rings. The molecule has 0 atom stereocenters. The topological polar surface area (TPSA) is 116 Å². The fourth-order valence-electron chi connectivity index (χ4n) is 4.05. The molecule has 0 aliphatic carbocycles. The zero-order valence-corrected chi connectivity index (χ0v) is 20.5. The fraction of sp³-hybridized carbons (Fsp3) is 0.200. The molecule has 0 aromatic heterocycles. The van der Waals surface area contributed by atoms with E-state index < -0.39 is 15.8 Å². The summed E-state index contributed by atoms with van der Waals surface area (Å²) in [5, 5.41) is 7.37. The zero-order chi connectivity index (χ0) is 24.3. The summed E-state index contributed by atoms with van der Waals surface area (Å²) in [6.07, 6.45) is 2.04. The Labute approximate surface area is 210 Å². The number of benzene rings is 3. The van der Waals surface area contributed by atoms with Gasteiger partial charge in [-0.15, -0.1) is 12.4 Å². The van der Waals surface area contributed by atoms with Gasteiger partial charge in [-0.25, -0.2) is 12.8 Å². The minimum Gasteiger partial charge on any atom is -0.384 e. The molecule has 0 spiro atoms. The molecule has 1 heterocycles. The van der Waals surface area contributed by atoms with Crippen LogP contribution in [0.1, 0.15) is 29.5 Å². The zero-order valence-electron chi connectivity index (χ0n) is 18.8. The van der Waals surface area contributed by atoms with Crippen LogP contribution in [0.15, 0.2) is 71.6 Å². The van der Waals surface area contributed by atoms with Gasteiger partial charge in [0.15, 0.2) is 0 Å². The highest BCUT2D eigenvalue weighted by Gasteiger charge is 2.23. The van der Waals surface area contributed by atoms with Gasteiger partial charge in [-0.1, -0.05) is 24.3 Å². The van der Waals surface area contributed by atoms with E-state index >= 15 is 0 Å². The van der Waals surface area contributed by atoms with Gasteiger partial charge < -0.3 is 10.6 Å². The summed E-state index contributed by atoms with van der Waals surface area (Å²) in [5.74, 6) is -1.00. The Bertz CT molecular complexity index is 1350. The summed E-state index contributed by atoms with van der Waals surface area (Å²) in [5.41, 5.74) is 8.14. The maximum atomic E-state index is 14.1. The van der Waals surface area contributed by atoms with Crippen LogP contribution in [0.2, 0.25) is 0 Å². The number of nitrogens with one attached hydrogen (secondary N) is 2. The molecule has 0 fully saturated rings. The highest BCUT2D eigenvalue weighted by molar-refractivity contribution is 7.92. The molecule has 0 unspecified atom stereocenters. The van der Waals surface area contributed by atoms with Gasteiger partial charge in [0.1, 0.15) is 11.7 Å². The Kier molecular flexibility index (Phi) is 8.14. The molecule has 0 radical (unpaired) electrons. The Morgan fingerprint density at radius 2 is 1.83 bits per heavy atom. The molecule has 35 heavy (non-hydrogen) atoms. The first-order valence-electron chi connectivity index (χ1n) is 10.9. The van der Waals surface area contributed by atoms with Crippen molar-refractivity contribution in [2.45, 2.75) is 30.6 Å². The Morgan fingerprint density at radius 1 is 1.09 bits per heavy atom. The monoisotopic (exact) mass is 516 g/mol. The minimum absolute atomic E-state index is 0. The van der Waals surface area contributed by atoms with Crippen molar-refractivity contribution >= 4 is 45.5 Å². The van der Waals surface area contributed by atoms with Crippen LogP contribution >= 0.6 is 12.4 Å². The summed E-state index contributed by atoms with van der Waals surface area (Å²) < 4.78 is 41.9. The minimum atomic E-state index is -3.70. The van der Waals surface area contributed by atoms with Crippen molar-refractivity contribution in [3.8, 4) is 0 Å². The molecule has 10 heteroatoms. The van der Waals surface area contributed by atoms with Crippen molar-refractivity contribution in [3.05, 3.63) is 89.2 Å². The Balaban J connectivity index is 0.00000342. The van der Waals surface area contributed by atoms with Gasteiger partial charge in [0.25, 0.3) is 10.0 Å². The van der Waals surface area contributed by atoms with Gasteiger partial charge in [-0.2, -0.15) is 0 Å². The first-order chi connectivity index (χ1) is 16.2. The number of sulfonamides is 1. The second-order valence-electron chi connectivity index (χ2n) is 8.14. The van der Waals surface area contributed by atoms with Crippen LogP contribution in [0.3, 0.4) is 0 Å². The summed E-state index contributed by atoms with van der Waals surface area (Å²) >= 11 is 0. The number of nitrogens with zero attached hydrogens (tertiary/aromatic N) is 1. The van der Waals surface area contributed by atoms with Crippen molar-refractivity contribution in [3.63, 3.8) is 0 Å². The van der Waals surface area contributed by atoms with Crippen LogP contribution < -0.4 is 15.4 Å². The highest BCUT2D eigenvalue weighted by Crippen LogP contribution is 2.31. The van der Waals surface area contributed by atoms with Crippen LogP contribution in [-0.4, -0.2) is 26.7 Å². The Hall–Kier alpha value is -3.43. The molecule has 0 saturated heterocycles. The number of amidine groups is 1. The lowest BCUT2D eigenvalue weighted by Crippen LogP contribution is -2.35. The average Bonchev–Trinajstić information content (AvgIpc) is 2.82. The van der Waals surface area contributed by atoms with Crippen LogP contribution in [0.5, 0.6) is 0 Å². The molecular weight excluding hydrogens is 491 g/mol.